The van der Waals surface area contributed by atoms with Crippen LogP contribution in [0.2, 0.25) is 0 Å². The Hall–Kier alpha value is -2.35. The minimum Gasteiger partial charge on any atom is -0.497 e. The van der Waals surface area contributed by atoms with Crippen LogP contribution in [0.4, 0.5) is 0 Å². The predicted octanol–water partition coefficient (Wildman–Crippen LogP) is 4.22. The second kappa shape index (κ2) is 4.73. The van der Waals surface area contributed by atoms with Crippen LogP contribution in [0.1, 0.15) is 5.56 Å². The first-order valence-corrected chi connectivity index (χ1v) is 6.29. The quantitative estimate of drug-likeness (QED) is 0.678. The molecule has 2 nitrogen and oxygen atoms in total. The van der Waals surface area contributed by atoms with E-state index in [1.807, 2.05) is 30.3 Å². The summed E-state index contributed by atoms with van der Waals surface area (Å²) in [6, 6.07) is 18.4. The highest BCUT2D eigenvalue weighted by molar-refractivity contribution is 5.83. The van der Waals surface area contributed by atoms with Crippen molar-refractivity contribution < 1.29 is 4.74 Å². The van der Waals surface area contributed by atoms with E-state index in [9.17, 15) is 0 Å². The van der Waals surface area contributed by atoms with Gasteiger partial charge < -0.3 is 4.74 Å². The Bertz CT molecular complexity index is 734. The monoisotopic (exact) mass is 249 g/mol. The molecule has 1 heterocycles. The van der Waals surface area contributed by atoms with Gasteiger partial charge in [0, 0.05) is 10.9 Å². The van der Waals surface area contributed by atoms with Crippen LogP contribution in [-0.2, 0) is 0 Å². The van der Waals surface area contributed by atoms with Crippen LogP contribution in [0, 0.1) is 6.92 Å². The Balaban J connectivity index is 2.15. The van der Waals surface area contributed by atoms with Crippen LogP contribution >= 0.6 is 0 Å². The summed E-state index contributed by atoms with van der Waals surface area (Å²) in [5, 5.41) is 1.09. The normalized spacial score (nSPS) is 10.6. The summed E-state index contributed by atoms with van der Waals surface area (Å²) in [4.78, 5) is 4.73. The Kier molecular flexibility index (Phi) is 2.92. The number of aromatic nitrogens is 1. The SMILES string of the molecule is COc1ccc2nc(-c3ccccc3C)ccc2c1. The van der Waals surface area contributed by atoms with Gasteiger partial charge in [-0.15, -0.1) is 0 Å². The van der Waals surface area contributed by atoms with Crippen molar-refractivity contribution in [1.82, 2.24) is 4.98 Å². The first-order valence-electron chi connectivity index (χ1n) is 6.29. The topological polar surface area (TPSA) is 22.1 Å². The van der Waals surface area contributed by atoms with Crippen LogP contribution in [0.3, 0.4) is 0 Å². The molecule has 0 saturated heterocycles. The Morgan fingerprint density at radius 3 is 2.58 bits per heavy atom. The van der Waals surface area contributed by atoms with Crippen LogP contribution in [0.15, 0.2) is 54.6 Å². The predicted molar refractivity (Wildman–Crippen MR) is 78.5 cm³/mol. The third-order valence-corrected chi connectivity index (χ3v) is 3.32. The fourth-order valence-electron chi connectivity index (χ4n) is 2.24. The van der Waals surface area contributed by atoms with Crippen molar-refractivity contribution in [3.05, 3.63) is 60.2 Å². The molecule has 3 rings (SSSR count). The van der Waals surface area contributed by atoms with Crippen molar-refractivity contribution in [2.75, 3.05) is 7.11 Å². The molecular formula is C17H15NO. The maximum atomic E-state index is 5.23. The average Bonchev–Trinajstić information content (AvgIpc) is 2.46. The van der Waals surface area contributed by atoms with Crippen molar-refractivity contribution in [2.45, 2.75) is 6.92 Å². The van der Waals surface area contributed by atoms with Crippen molar-refractivity contribution in [3.8, 4) is 17.0 Å². The molecule has 2 heteroatoms. The van der Waals surface area contributed by atoms with Gasteiger partial charge in [0.1, 0.15) is 5.75 Å². The minimum atomic E-state index is 0.859. The molecule has 0 fully saturated rings. The van der Waals surface area contributed by atoms with E-state index in [4.69, 9.17) is 9.72 Å². The van der Waals surface area contributed by atoms with Crippen LogP contribution in [-0.4, -0.2) is 12.1 Å². The number of fused-ring (bicyclic) bond motifs is 1. The highest BCUT2D eigenvalue weighted by Gasteiger charge is 2.04. The van der Waals surface area contributed by atoms with Gasteiger partial charge in [-0.25, -0.2) is 4.98 Å². The first kappa shape index (κ1) is 11.7. The number of rotatable bonds is 2. The number of hydrogen-bond acceptors (Lipinski definition) is 2. The fourth-order valence-corrected chi connectivity index (χ4v) is 2.24. The van der Waals surface area contributed by atoms with E-state index in [1.165, 1.54) is 11.1 Å². The average molecular weight is 249 g/mol. The minimum absolute atomic E-state index is 0.859. The molecule has 0 aliphatic carbocycles. The van der Waals surface area contributed by atoms with Gasteiger partial charge in [0.05, 0.1) is 18.3 Å². The molecule has 19 heavy (non-hydrogen) atoms. The molecule has 0 aliphatic heterocycles. The lowest BCUT2D eigenvalue weighted by Gasteiger charge is -2.07. The molecule has 94 valence electrons. The summed E-state index contributed by atoms with van der Waals surface area (Å²) < 4.78 is 5.23. The molecule has 0 amide bonds. The number of methoxy groups -OCH3 is 1. The van der Waals surface area contributed by atoms with E-state index >= 15 is 0 Å². The van der Waals surface area contributed by atoms with E-state index in [0.29, 0.717) is 0 Å². The summed E-state index contributed by atoms with van der Waals surface area (Å²) in [5.74, 6) is 0.859. The third-order valence-electron chi connectivity index (χ3n) is 3.32. The van der Waals surface area contributed by atoms with Gasteiger partial charge in [-0.2, -0.15) is 0 Å². The number of pyridine rings is 1. The highest BCUT2D eigenvalue weighted by Crippen LogP contribution is 2.25. The maximum Gasteiger partial charge on any atom is 0.119 e. The zero-order valence-corrected chi connectivity index (χ0v) is 11.1. The van der Waals surface area contributed by atoms with Crippen LogP contribution < -0.4 is 4.74 Å². The van der Waals surface area contributed by atoms with E-state index < -0.39 is 0 Å². The summed E-state index contributed by atoms with van der Waals surface area (Å²) >= 11 is 0. The smallest absolute Gasteiger partial charge is 0.119 e. The molecule has 2 aromatic carbocycles. The Labute approximate surface area is 112 Å². The Morgan fingerprint density at radius 1 is 0.947 bits per heavy atom. The molecular weight excluding hydrogens is 234 g/mol. The van der Waals surface area contributed by atoms with Gasteiger partial charge in [-0.1, -0.05) is 30.3 Å². The zero-order chi connectivity index (χ0) is 13.2. The van der Waals surface area contributed by atoms with E-state index in [-0.39, 0.29) is 0 Å². The standard InChI is InChI=1S/C17H15NO/c1-12-5-3-4-6-15(12)17-9-7-13-11-14(19-2)8-10-16(13)18-17/h3-11H,1-2H3. The van der Waals surface area contributed by atoms with Gasteiger partial charge >= 0.3 is 0 Å². The van der Waals surface area contributed by atoms with E-state index in [0.717, 1.165) is 22.3 Å². The first-order chi connectivity index (χ1) is 9.28. The molecule has 0 bridgehead atoms. The fraction of sp³-hybridized carbons (Fsp3) is 0.118. The van der Waals surface area contributed by atoms with E-state index in [2.05, 4.69) is 31.2 Å². The Morgan fingerprint density at radius 2 is 1.79 bits per heavy atom. The second-order valence-electron chi connectivity index (χ2n) is 4.57. The van der Waals surface area contributed by atoms with Crippen molar-refractivity contribution >= 4 is 10.9 Å². The number of ether oxygens (including phenoxy) is 1. The van der Waals surface area contributed by atoms with Gasteiger partial charge in [-0.05, 0) is 36.8 Å². The largest absolute Gasteiger partial charge is 0.497 e. The van der Waals surface area contributed by atoms with Crippen molar-refractivity contribution in [1.29, 1.82) is 0 Å². The van der Waals surface area contributed by atoms with Gasteiger partial charge in [-0.3, -0.25) is 0 Å². The summed E-state index contributed by atoms with van der Waals surface area (Å²) in [5.41, 5.74) is 4.42. The second-order valence-corrected chi connectivity index (χ2v) is 4.57. The molecule has 0 saturated carbocycles. The molecule has 1 aromatic heterocycles. The molecule has 3 aromatic rings. The maximum absolute atomic E-state index is 5.23. The van der Waals surface area contributed by atoms with Crippen LogP contribution in [0.5, 0.6) is 5.75 Å². The molecule has 0 N–H and O–H groups in total. The number of hydrogen-bond donors (Lipinski definition) is 0. The lowest BCUT2D eigenvalue weighted by Crippen LogP contribution is -1.89. The molecule has 0 atom stereocenters. The number of benzene rings is 2. The molecule has 0 spiro atoms. The highest BCUT2D eigenvalue weighted by atomic mass is 16.5. The molecule has 0 unspecified atom stereocenters. The number of nitrogens with zero attached hydrogens (tertiary/aromatic N) is 1. The van der Waals surface area contributed by atoms with Gasteiger partial charge in [0.25, 0.3) is 0 Å². The third kappa shape index (κ3) is 2.17. The lowest BCUT2D eigenvalue weighted by atomic mass is 10.0. The summed E-state index contributed by atoms with van der Waals surface area (Å²) in [7, 11) is 1.68. The van der Waals surface area contributed by atoms with E-state index in [1.54, 1.807) is 7.11 Å². The lowest BCUT2D eigenvalue weighted by molar-refractivity contribution is 0.415. The molecule has 0 aliphatic rings. The van der Waals surface area contributed by atoms with Crippen molar-refractivity contribution in [3.63, 3.8) is 0 Å². The molecule has 0 radical (unpaired) electrons. The van der Waals surface area contributed by atoms with Crippen LogP contribution in [0.25, 0.3) is 22.2 Å². The van der Waals surface area contributed by atoms with Crippen molar-refractivity contribution in [2.24, 2.45) is 0 Å². The summed E-state index contributed by atoms with van der Waals surface area (Å²) in [6.45, 7) is 2.11. The van der Waals surface area contributed by atoms with Gasteiger partial charge in [0.2, 0.25) is 0 Å². The number of aryl methyl sites for hydroxylation is 1. The van der Waals surface area contributed by atoms with Gasteiger partial charge in [0.15, 0.2) is 0 Å². The zero-order valence-electron chi connectivity index (χ0n) is 11.1. The summed E-state index contributed by atoms with van der Waals surface area (Å²) in [6.07, 6.45) is 0.